The number of likely N-dealkylation sites (tertiary alicyclic amines) is 1. The molecule has 126 valence electrons. The molecule has 22 heavy (non-hydrogen) atoms. The number of amides is 1. The summed E-state index contributed by atoms with van der Waals surface area (Å²) in [6.07, 6.45) is 5.57. The van der Waals surface area contributed by atoms with Crippen LogP contribution < -0.4 is 0 Å². The summed E-state index contributed by atoms with van der Waals surface area (Å²) in [4.78, 5) is 13.8. The minimum absolute atomic E-state index is 0.0956. The molecule has 0 radical (unpaired) electrons. The summed E-state index contributed by atoms with van der Waals surface area (Å²) < 4.78 is 26.6. The Morgan fingerprint density at radius 3 is 2.50 bits per heavy atom. The SMILES string of the molecule is C=CCN1CC2(CCC1=O)CCN(S(=O)(=O)[C@@H](C)CC)CC2. The number of sulfonamides is 1. The maximum atomic E-state index is 12.5. The molecule has 5 nitrogen and oxygen atoms in total. The average molecular weight is 328 g/mol. The highest BCUT2D eigenvalue weighted by Crippen LogP contribution is 2.41. The van der Waals surface area contributed by atoms with E-state index in [0.717, 1.165) is 25.8 Å². The van der Waals surface area contributed by atoms with E-state index in [1.807, 2.05) is 11.8 Å². The van der Waals surface area contributed by atoms with Crippen LogP contribution in [0.1, 0.15) is 46.0 Å². The Kier molecular flexibility index (Phi) is 5.33. The third-order valence-electron chi connectivity index (χ3n) is 5.32. The lowest BCUT2D eigenvalue weighted by molar-refractivity contribution is -0.138. The van der Waals surface area contributed by atoms with Crippen molar-refractivity contribution in [1.29, 1.82) is 0 Å². The van der Waals surface area contributed by atoms with Crippen molar-refractivity contribution in [2.45, 2.75) is 51.2 Å². The zero-order valence-corrected chi connectivity index (χ0v) is 14.6. The van der Waals surface area contributed by atoms with Crippen LogP contribution in [0.25, 0.3) is 0 Å². The fraction of sp³-hybridized carbons (Fsp3) is 0.812. The van der Waals surface area contributed by atoms with Gasteiger partial charge in [0, 0.05) is 32.6 Å². The molecule has 2 aliphatic rings. The Morgan fingerprint density at radius 1 is 1.32 bits per heavy atom. The van der Waals surface area contributed by atoms with Crippen LogP contribution in [-0.2, 0) is 14.8 Å². The zero-order valence-electron chi connectivity index (χ0n) is 13.8. The van der Waals surface area contributed by atoms with E-state index in [1.165, 1.54) is 0 Å². The van der Waals surface area contributed by atoms with Gasteiger partial charge in [-0.05, 0) is 38.0 Å². The van der Waals surface area contributed by atoms with Gasteiger partial charge in [-0.2, -0.15) is 0 Å². The van der Waals surface area contributed by atoms with Crippen LogP contribution in [0.2, 0.25) is 0 Å². The lowest BCUT2D eigenvalue weighted by Crippen LogP contribution is -2.53. The van der Waals surface area contributed by atoms with Crippen molar-refractivity contribution in [2.24, 2.45) is 5.41 Å². The standard InChI is InChI=1S/C16H28N2O3S/c1-4-10-17-13-16(7-6-15(17)19)8-11-18(12-9-16)22(20,21)14(3)5-2/h4,14H,1,5-13H2,2-3H3/t14-/m0/s1. The average Bonchev–Trinajstić information content (AvgIpc) is 2.51. The van der Waals surface area contributed by atoms with Crippen LogP contribution >= 0.6 is 0 Å². The molecule has 1 amide bonds. The lowest BCUT2D eigenvalue weighted by Gasteiger charge is -2.47. The first-order valence-corrected chi connectivity index (χ1v) is 9.72. The Morgan fingerprint density at radius 2 is 1.95 bits per heavy atom. The maximum Gasteiger partial charge on any atom is 0.222 e. The van der Waals surface area contributed by atoms with E-state index >= 15 is 0 Å². The Bertz CT molecular complexity index is 522. The number of carbonyl (C=O) groups is 1. The van der Waals surface area contributed by atoms with Crippen molar-refractivity contribution < 1.29 is 13.2 Å². The van der Waals surface area contributed by atoms with Gasteiger partial charge in [-0.15, -0.1) is 6.58 Å². The number of nitrogens with zero attached hydrogens (tertiary/aromatic N) is 2. The van der Waals surface area contributed by atoms with Crippen molar-refractivity contribution in [3.05, 3.63) is 12.7 Å². The molecule has 2 heterocycles. The van der Waals surface area contributed by atoms with Crippen LogP contribution in [0.15, 0.2) is 12.7 Å². The van der Waals surface area contributed by atoms with E-state index in [4.69, 9.17) is 0 Å². The van der Waals surface area contributed by atoms with Gasteiger partial charge in [0.15, 0.2) is 0 Å². The van der Waals surface area contributed by atoms with E-state index in [-0.39, 0.29) is 16.6 Å². The number of hydrogen-bond acceptors (Lipinski definition) is 3. The Balaban J connectivity index is 2.02. The van der Waals surface area contributed by atoms with Crippen molar-refractivity contribution in [3.8, 4) is 0 Å². The van der Waals surface area contributed by atoms with E-state index < -0.39 is 10.0 Å². The maximum absolute atomic E-state index is 12.5. The molecule has 0 aromatic carbocycles. The Hall–Kier alpha value is -0.880. The monoisotopic (exact) mass is 328 g/mol. The summed E-state index contributed by atoms with van der Waals surface area (Å²) in [7, 11) is -3.17. The number of rotatable bonds is 5. The predicted octanol–water partition coefficient (Wildman–Crippen LogP) is 2.01. The fourth-order valence-corrected chi connectivity index (χ4v) is 5.13. The van der Waals surface area contributed by atoms with Gasteiger partial charge >= 0.3 is 0 Å². The van der Waals surface area contributed by atoms with E-state index in [9.17, 15) is 13.2 Å². The summed E-state index contributed by atoms with van der Waals surface area (Å²) >= 11 is 0. The van der Waals surface area contributed by atoms with Crippen molar-refractivity contribution in [2.75, 3.05) is 26.2 Å². The van der Waals surface area contributed by atoms with Gasteiger partial charge in [-0.1, -0.05) is 13.0 Å². The number of hydrogen-bond donors (Lipinski definition) is 0. The first-order chi connectivity index (χ1) is 10.3. The minimum atomic E-state index is -3.17. The molecule has 0 N–H and O–H groups in total. The van der Waals surface area contributed by atoms with Crippen LogP contribution in [0.5, 0.6) is 0 Å². The minimum Gasteiger partial charge on any atom is -0.338 e. The molecular formula is C16H28N2O3S. The van der Waals surface area contributed by atoms with Crippen LogP contribution in [0, 0.1) is 5.41 Å². The fourth-order valence-electron chi connectivity index (χ4n) is 3.51. The molecule has 2 saturated heterocycles. The lowest BCUT2D eigenvalue weighted by atomic mass is 9.73. The molecule has 0 aliphatic carbocycles. The molecular weight excluding hydrogens is 300 g/mol. The molecule has 0 aromatic heterocycles. The van der Waals surface area contributed by atoms with Gasteiger partial charge in [-0.3, -0.25) is 4.79 Å². The second-order valence-electron chi connectivity index (χ2n) is 6.73. The molecule has 0 bridgehead atoms. The molecule has 0 unspecified atom stereocenters. The molecule has 0 saturated carbocycles. The van der Waals surface area contributed by atoms with Crippen LogP contribution in [-0.4, -0.2) is 55.0 Å². The van der Waals surface area contributed by atoms with Gasteiger partial charge in [-0.25, -0.2) is 12.7 Å². The molecule has 2 aliphatic heterocycles. The van der Waals surface area contributed by atoms with Crippen LogP contribution in [0.4, 0.5) is 0 Å². The molecule has 2 fully saturated rings. The predicted molar refractivity (Wildman–Crippen MR) is 87.9 cm³/mol. The van der Waals surface area contributed by atoms with Gasteiger partial charge in [0.1, 0.15) is 0 Å². The second-order valence-corrected chi connectivity index (χ2v) is 9.08. The Labute approximate surface area is 134 Å². The van der Waals surface area contributed by atoms with E-state index in [1.54, 1.807) is 17.3 Å². The normalized spacial score (nSPS) is 24.5. The molecule has 1 atom stereocenters. The highest BCUT2D eigenvalue weighted by Gasteiger charge is 2.43. The summed E-state index contributed by atoms with van der Waals surface area (Å²) in [5.74, 6) is 0.195. The summed E-state index contributed by atoms with van der Waals surface area (Å²) in [6.45, 7) is 9.92. The third kappa shape index (κ3) is 3.38. The van der Waals surface area contributed by atoms with Gasteiger partial charge in [0.2, 0.25) is 15.9 Å². The largest absolute Gasteiger partial charge is 0.338 e. The molecule has 2 rings (SSSR count). The summed E-state index contributed by atoms with van der Waals surface area (Å²) in [5.41, 5.74) is 0.0956. The summed E-state index contributed by atoms with van der Waals surface area (Å²) in [6, 6.07) is 0. The first-order valence-electron chi connectivity index (χ1n) is 8.22. The quantitative estimate of drug-likeness (QED) is 0.725. The number of carbonyl (C=O) groups excluding carboxylic acids is 1. The molecule has 6 heteroatoms. The van der Waals surface area contributed by atoms with Gasteiger partial charge in [0.25, 0.3) is 0 Å². The van der Waals surface area contributed by atoms with E-state index in [0.29, 0.717) is 32.5 Å². The zero-order chi connectivity index (χ0) is 16.4. The molecule has 0 aromatic rings. The molecule has 1 spiro atoms. The third-order valence-corrected chi connectivity index (χ3v) is 7.76. The topological polar surface area (TPSA) is 57.7 Å². The highest BCUT2D eigenvalue weighted by molar-refractivity contribution is 7.89. The van der Waals surface area contributed by atoms with Gasteiger partial charge in [0.05, 0.1) is 5.25 Å². The van der Waals surface area contributed by atoms with Crippen molar-refractivity contribution in [3.63, 3.8) is 0 Å². The van der Waals surface area contributed by atoms with Gasteiger partial charge < -0.3 is 4.90 Å². The second kappa shape index (κ2) is 6.71. The number of piperidine rings is 2. The first kappa shape index (κ1) is 17.5. The van der Waals surface area contributed by atoms with Crippen LogP contribution in [0.3, 0.4) is 0 Å². The highest BCUT2D eigenvalue weighted by atomic mass is 32.2. The van der Waals surface area contributed by atoms with E-state index in [2.05, 4.69) is 6.58 Å². The van der Waals surface area contributed by atoms with Crippen molar-refractivity contribution >= 4 is 15.9 Å². The summed E-state index contributed by atoms with van der Waals surface area (Å²) in [5, 5.41) is -0.313. The smallest absolute Gasteiger partial charge is 0.222 e. The van der Waals surface area contributed by atoms with Crippen molar-refractivity contribution in [1.82, 2.24) is 9.21 Å².